The fourth-order valence-electron chi connectivity index (χ4n) is 2.66. The molecular formula is C16H21N9O. The van der Waals surface area contributed by atoms with Crippen molar-refractivity contribution in [1.82, 2.24) is 35.3 Å². The van der Waals surface area contributed by atoms with Gasteiger partial charge in [-0.2, -0.15) is 9.97 Å². The van der Waals surface area contributed by atoms with Crippen molar-refractivity contribution in [2.75, 3.05) is 24.2 Å². The highest BCUT2D eigenvalue weighted by Crippen LogP contribution is 2.30. The number of aromatic nitrogens is 6. The van der Waals surface area contributed by atoms with Crippen molar-refractivity contribution in [3.8, 4) is 0 Å². The molecule has 136 valence electrons. The first-order valence-corrected chi connectivity index (χ1v) is 8.63. The SMILES string of the molecule is CNC(=O)C(C)n1cc(Nc2nc(NCC3CC3)c3cc[nH]c3n2)nn1. The van der Waals surface area contributed by atoms with Crippen molar-refractivity contribution in [2.24, 2.45) is 5.92 Å². The largest absolute Gasteiger partial charge is 0.369 e. The second-order valence-corrected chi connectivity index (χ2v) is 6.46. The molecular weight excluding hydrogens is 334 g/mol. The Morgan fingerprint density at radius 2 is 2.27 bits per heavy atom. The summed E-state index contributed by atoms with van der Waals surface area (Å²) in [6.45, 7) is 2.66. The smallest absolute Gasteiger partial charge is 0.244 e. The van der Waals surface area contributed by atoms with Crippen LogP contribution in [0, 0.1) is 5.92 Å². The van der Waals surface area contributed by atoms with Gasteiger partial charge in [-0.25, -0.2) is 4.68 Å². The van der Waals surface area contributed by atoms with Gasteiger partial charge in [0.2, 0.25) is 11.9 Å². The number of amides is 1. The predicted octanol–water partition coefficient (Wildman–Crippen LogP) is 1.42. The van der Waals surface area contributed by atoms with Crippen LogP contribution in [0.25, 0.3) is 11.0 Å². The van der Waals surface area contributed by atoms with Gasteiger partial charge >= 0.3 is 0 Å². The maximum Gasteiger partial charge on any atom is 0.244 e. The summed E-state index contributed by atoms with van der Waals surface area (Å²) in [5.74, 6) is 2.27. The Morgan fingerprint density at radius 3 is 3.04 bits per heavy atom. The van der Waals surface area contributed by atoms with E-state index >= 15 is 0 Å². The standard InChI is InChI=1S/C16H21N9O/c1-9(15(26)17-2)25-8-12(23-24-25)20-16-21-13-11(5-6-18-13)14(22-16)19-7-10-3-4-10/h5-6,8-10H,3-4,7H2,1-2H3,(H,17,26)(H3,18,19,20,21,22). The first kappa shape index (κ1) is 16.3. The van der Waals surface area contributed by atoms with Gasteiger partial charge in [0.25, 0.3) is 0 Å². The lowest BCUT2D eigenvalue weighted by Gasteiger charge is -2.09. The first-order valence-electron chi connectivity index (χ1n) is 8.63. The van der Waals surface area contributed by atoms with Crippen LogP contribution in [0.15, 0.2) is 18.5 Å². The lowest BCUT2D eigenvalue weighted by Crippen LogP contribution is -2.28. The van der Waals surface area contributed by atoms with Crippen LogP contribution in [-0.2, 0) is 4.79 Å². The highest BCUT2D eigenvalue weighted by atomic mass is 16.2. The summed E-state index contributed by atoms with van der Waals surface area (Å²) in [6.07, 6.45) is 6.03. The Balaban J connectivity index is 1.55. The van der Waals surface area contributed by atoms with Crippen LogP contribution in [-0.4, -0.2) is 49.4 Å². The van der Waals surface area contributed by atoms with E-state index in [9.17, 15) is 4.79 Å². The van der Waals surface area contributed by atoms with E-state index in [-0.39, 0.29) is 5.91 Å². The molecule has 1 unspecified atom stereocenters. The Hall–Kier alpha value is -3.17. The molecule has 0 aromatic carbocycles. The minimum absolute atomic E-state index is 0.142. The Morgan fingerprint density at radius 1 is 1.42 bits per heavy atom. The molecule has 1 aliphatic rings. The van der Waals surface area contributed by atoms with Gasteiger partial charge in [-0.3, -0.25) is 4.79 Å². The Bertz CT molecular complexity index is 927. The number of hydrogen-bond donors (Lipinski definition) is 4. The van der Waals surface area contributed by atoms with E-state index in [0.717, 1.165) is 29.3 Å². The molecule has 1 atom stereocenters. The topological polar surface area (TPSA) is 125 Å². The normalized spacial score (nSPS) is 15.0. The summed E-state index contributed by atoms with van der Waals surface area (Å²) in [4.78, 5) is 23.9. The summed E-state index contributed by atoms with van der Waals surface area (Å²) in [6, 6.07) is 1.50. The maximum atomic E-state index is 11.7. The number of carbonyl (C=O) groups is 1. The highest BCUT2D eigenvalue weighted by molar-refractivity contribution is 5.88. The molecule has 10 nitrogen and oxygen atoms in total. The van der Waals surface area contributed by atoms with Gasteiger partial charge in [-0.15, -0.1) is 5.10 Å². The molecule has 3 aromatic heterocycles. The molecule has 0 aliphatic heterocycles. The minimum Gasteiger partial charge on any atom is -0.369 e. The third kappa shape index (κ3) is 3.30. The van der Waals surface area contributed by atoms with E-state index in [1.807, 2.05) is 12.3 Å². The van der Waals surface area contributed by atoms with Crippen molar-refractivity contribution in [3.63, 3.8) is 0 Å². The lowest BCUT2D eigenvalue weighted by molar-refractivity contribution is -0.123. The third-order valence-corrected chi connectivity index (χ3v) is 4.44. The van der Waals surface area contributed by atoms with E-state index < -0.39 is 6.04 Å². The van der Waals surface area contributed by atoms with E-state index in [1.165, 1.54) is 17.5 Å². The van der Waals surface area contributed by atoms with Crippen molar-refractivity contribution in [3.05, 3.63) is 18.5 Å². The molecule has 1 amide bonds. The van der Waals surface area contributed by atoms with Gasteiger partial charge in [0, 0.05) is 19.8 Å². The van der Waals surface area contributed by atoms with E-state index in [0.29, 0.717) is 11.8 Å². The second kappa shape index (κ2) is 6.62. The summed E-state index contributed by atoms with van der Waals surface area (Å²) in [5, 5.41) is 18.0. The number of H-pyrrole nitrogens is 1. The number of fused-ring (bicyclic) bond motifs is 1. The zero-order chi connectivity index (χ0) is 18.1. The van der Waals surface area contributed by atoms with Gasteiger partial charge in [0.15, 0.2) is 5.82 Å². The van der Waals surface area contributed by atoms with Gasteiger partial charge in [0.1, 0.15) is 17.5 Å². The van der Waals surface area contributed by atoms with Crippen molar-refractivity contribution >= 4 is 34.5 Å². The zero-order valence-corrected chi connectivity index (χ0v) is 14.7. The molecule has 0 radical (unpaired) electrons. The van der Waals surface area contributed by atoms with Gasteiger partial charge in [0.05, 0.1) is 11.6 Å². The second-order valence-electron chi connectivity index (χ2n) is 6.46. The number of hydrogen-bond acceptors (Lipinski definition) is 7. The molecule has 26 heavy (non-hydrogen) atoms. The maximum absolute atomic E-state index is 11.7. The molecule has 1 aliphatic carbocycles. The van der Waals surface area contributed by atoms with Crippen LogP contribution >= 0.6 is 0 Å². The Labute approximate surface area is 149 Å². The average molecular weight is 355 g/mol. The van der Waals surface area contributed by atoms with Crippen LogP contribution in [0.5, 0.6) is 0 Å². The number of rotatable bonds is 7. The number of aromatic amines is 1. The first-order chi connectivity index (χ1) is 12.6. The number of anilines is 3. The summed E-state index contributed by atoms with van der Waals surface area (Å²) in [7, 11) is 1.59. The quantitative estimate of drug-likeness (QED) is 0.505. The Kier molecular flexibility index (Phi) is 4.15. The lowest BCUT2D eigenvalue weighted by atomic mass is 10.3. The molecule has 1 saturated carbocycles. The predicted molar refractivity (Wildman–Crippen MR) is 97.2 cm³/mol. The van der Waals surface area contributed by atoms with Crippen molar-refractivity contribution < 1.29 is 4.79 Å². The van der Waals surface area contributed by atoms with E-state index in [2.05, 4.69) is 41.2 Å². The molecule has 1 fully saturated rings. The van der Waals surface area contributed by atoms with Crippen LogP contribution in [0.3, 0.4) is 0 Å². The number of nitrogens with zero attached hydrogens (tertiary/aromatic N) is 5. The average Bonchev–Trinajstić information content (AvgIpc) is 3.15. The van der Waals surface area contributed by atoms with Gasteiger partial charge in [-0.1, -0.05) is 5.21 Å². The van der Waals surface area contributed by atoms with Crippen molar-refractivity contribution in [2.45, 2.75) is 25.8 Å². The molecule has 0 bridgehead atoms. The van der Waals surface area contributed by atoms with Gasteiger partial charge < -0.3 is 20.9 Å². The zero-order valence-electron chi connectivity index (χ0n) is 14.7. The molecule has 3 aromatic rings. The molecule has 4 rings (SSSR count). The summed E-state index contributed by atoms with van der Waals surface area (Å²) < 4.78 is 1.49. The third-order valence-electron chi connectivity index (χ3n) is 4.44. The van der Waals surface area contributed by atoms with E-state index in [4.69, 9.17) is 0 Å². The molecule has 10 heteroatoms. The van der Waals surface area contributed by atoms with Crippen LogP contribution in [0.4, 0.5) is 17.6 Å². The van der Waals surface area contributed by atoms with Crippen LogP contribution in [0.2, 0.25) is 0 Å². The molecule has 4 N–H and O–H groups in total. The van der Waals surface area contributed by atoms with Gasteiger partial charge in [-0.05, 0) is 31.7 Å². The fourth-order valence-corrected chi connectivity index (χ4v) is 2.66. The highest BCUT2D eigenvalue weighted by Gasteiger charge is 2.21. The number of nitrogens with one attached hydrogen (secondary N) is 4. The number of carbonyl (C=O) groups excluding carboxylic acids is 1. The fraction of sp³-hybridized carbons (Fsp3) is 0.438. The van der Waals surface area contributed by atoms with Crippen LogP contribution in [0.1, 0.15) is 25.8 Å². The number of likely N-dealkylation sites (N-methyl/N-ethyl adjacent to an activating group) is 1. The summed E-state index contributed by atoms with van der Waals surface area (Å²) in [5.41, 5.74) is 0.743. The molecule has 0 spiro atoms. The van der Waals surface area contributed by atoms with E-state index in [1.54, 1.807) is 20.2 Å². The van der Waals surface area contributed by atoms with Crippen LogP contribution < -0.4 is 16.0 Å². The summed E-state index contributed by atoms with van der Waals surface area (Å²) >= 11 is 0. The van der Waals surface area contributed by atoms with Crippen molar-refractivity contribution in [1.29, 1.82) is 0 Å². The molecule has 3 heterocycles. The molecule has 0 saturated heterocycles. The monoisotopic (exact) mass is 355 g/mol. The minimum atomic E-state index is -0.453.